The number of aryl methyl sites for hydroxylation is 1. The number of thioether (sulfide) groups is 1. The number of carbonyl (C=O) groups excluding carboxylic acids is 1. The van der Waals surface area contributed by atoms with Crippen LogP contribution in [0.5, 0.6) is 5.75 Å². The molecule has 0 aliphatic carbocycles. The lowest BCUT2D eigenvalue weighted by molar-refractivity contribution is -0.115. The molecule has 1 aliphatic heterocycles. The first-order valence-electron chi connectivity index (χ1n) is 7.77. The summed E-state index contributed by atoms with van der Waals surface area (Å²) in [5.41, 5.74) is 2.68. The average molecular weight is 427 g/mol. The summed E-state index contributed by atoms with van der Waals surface area (Å²) in [5, 5.41) is 3.34. The van der Waals surface area contributed by atoms with Crippen molar-refractivity contribution < 1.29 is 9.53 Å². The summed E-state index contributed by atoms with van der Waals surface area (Å²) in [4.78, 5) is 17.3. The van der Waals surface area contributed by atoms with Gasteiger partial charge in [0.15, 0.2) is 5.17 Å². The number of hydrogen-bond acceptors (Lipinski definition) is 4. The van der Waals surface area contributed by atoms with Gasteiger partial charge in [0.25, 0.3) is 5.91 Å². The van der Waals surface area contributed by atoms with Crippen molar-refractivity contribution in [2.24, 2.45) is 4.99 Å². The van der Waals surface area contributed by atoms with Crippen LogP contribution >= 0.6 is 27.7 Å². The van der Waals surface area contributed by atoms with E-state index in [2.05, 4.69) is 32.2 Å². The third-order valence-corrected chi connectivity index (χ3v) is 4.86. The highest BCUT2D eigenvalue weighted by Crippen LogP contribution is 2.32. The van der Waals surface area contributed by atoms with Gasteiger partial charge in [0, 0.05) is 10.0 Å². The number of aliphatic imine (C=N–C) groups is 1. The number of carbonyl (C=O) groups is 1. The molecule has 0 aromatic heterocycles. The molecule has 0 radical (unpaired) electrons. The first-order chi connectivity index (χ1) is 12.5. The largest absolute Gasteiger partial charge is 0.480 e. The Bertz CT molecular complexity index is 961. The summed E-state index contributed by atoms with van der Waals surface area (Å²) in [6.45, 7) is 2.16. The predicted molar refractivity (Wildman–Crippen MR) is 110 cm³/mol. The molecule has 1 amide bonds. The molecular formula is C20H15BrN2O2S. The van der Waals surface area contributed by atoms with Crippen molar-refractivity contribution in [3.05, 3.63) is 63.0 Å². The van der Waals surface area contributed by atoms with Gasteiger partial charge in [-0.1, -0.05) is 34.0 Å². The molecular weight excluding hydrogens is 412 g/mol. The number of nitrogens with zero attached hydrogens (tertiary/aromatic N) is 1. The van der Waals surface area contributed by atoms with Gasteiger partial charge in [-0.25, -0.2) is 4.99 Å². The zero-order chi connectivity index (χ0) is 18.5. The molecule has 0 atom stereocenters. The molecule has 0 saturated carbocycles. The highest BCUT2D eigenvalue weighted by molar-refractivity contribution is 9.10. The van der Waals surface area contributed by atoms with Crippen LogP contribution in [0.3, 0.4) is 0 Å². The zero-order valence-corrected chi connectivity index (χ0v) is 16.4. The predicted octanol–water partition coefficient (Wildman–Crippen LogP) is 4.66. The van der Waals surface area contributed by atoms with E-state index in [4.69, 9.17) is 11.2 Å². The second-order valence-electron chi connectivity index (χ2n) is 5.50. The van der Waals surface area contributed by atoms with Crippen molar-refractivity contribution in [2.45, 2.75) is 6.92 Å². The number of nitrogens with one attached hydrogen (secondary N) is 1. The molecule has 26 heavy (non-hydrogen) atoms. The molecule has 1 aliphatic rings. The Balaban J connectivity index is 1.87. The average Bonchev–Trinajstić information content (AvgIpc) is 2.93. The van der Waals surface area contributed by atoms with Gasteiger partial charge in [-0.2, -0.15) is 0 Å². The molecule has 0 bridgehead atoms. The number of amidine groups is 1. The van der Waals surface area contributed by atoms with E-state index < -0.39 is 0 Å². The van der Waals surface area contributed by atoms with Crippen LogP contribution in [0.2, 0.25) is 0 Å². The highest BCUT2D eigenvalue weighted by atomic mass is 79.9. The van der Waals surface area contributed by atoms with Crippen LogP contribution < -0.4 is 10.1 Å². The van der Waals surface area contributed by atoms with E-state index in [0.29, 0.717) is 15.8 Å². The first-order valence-corrected chi connectivity index (χ1v) is 9.38. The molecule has 0 spiro atoms. The molecule has 1 N–H and O–H groups in total. The Morgan fingerprint density at radius 3 is 2.96 bits per heavy atom. The molecule has 1 heterocycles. The smallest absolute Gasteiger partial charge is 0.264 e. The first kappa shape index (κ1) is 18.3. The molecule has 1 fully saturated rings. The Labute approximate surface area is 164 Å². The van der Waals surface area contributed by atoms with Crippen molar-refractivity contribution in [2.75, 3.05) is 6.61 Å². The second-order valence-corrected chi connectivity index (χ2v) is 7.44. The van der Waals surface area contributed by atoms with Crippen molar-refractivity contribution in [1.82, 2.24) is 5.32 Å². The Morgan fingerprint density at radius 1 is 1.35 bits per heavy atom. The Hall–Kier alpha value is -2.49. The van der Waals surface area contributed by atoms with Crippen LogP contribution in [-0.4, -0.2) is 17.7 Å². The lowest BCUT2D eigenvalue weighted by Crippen LogP contribution is -2.19. The van der Waals surface area contributed by atoms with Crippen molar-refractivity contribution in [3.8, 4) is 18.1 Å². The number of rotatable bonds is 4. The van der Waals surface area contributed by atoms with Gasteiger partial charge in [-0.15, -0.1) is 6.42 Å². The van der Waals surface area contributed by atoms with Crippen molar-refractivity contribution >= 4 is 50.5 Å². The van der Waals surface area contributed by atoms with Crippen LogP contribution in [0.4, 0.5) is 5.69 Å². The summed E-state index contributed by atoms with van der Waals surface area (Å²) in [5.74, 6) is 2.87. The van der Waals surface area contributed by atoms with E-state index in [1.54, 1.807) is 6.08 Å². The van der Waals surface area contributed by atoms with Crippen LogP contribution in [0.15, 0.2) is 56.8 Å². The van der Waals surface area contributed by atoms with E-state index in [9.17, 15) is 4.79 Å². The summed E-state index contributed by atoms with van der Waals surface area (Å²) < 4.78 is 6.43. The van der Waals surface area contributed by atoms with Gasteiger partial charge in [0.1, 0.15) is 12.4 Å². The van der Waals surface area contributed by atoms with Crippen LogP contribution in [0.25, 0.3) is 6.08 Å². The van der Waals surface area contributed by atoms with Crippen molar-refractivity contribution in [3.63, 3.8) is 0 Å². The van der Waals surface area contributed by atoms with Gasteiger partial charge < -0.3 is 10.1 Å². The van der Waals surface area contributed by atoms with Gasteiger partial charge in [-0.3, -0.25) is 4.79 Å². The van der Waals surface area contributed by atoms with E-state index >= 15 is 0 Å². The molecule has 6 heteroatoms. The molecule has 1 saturated heterocycles. The molecule has 4 nitrogen and oxygen atoms in total. The monoisotopic (exact) mass is 426 g/mol. The fraction of sp³-hybridized carbons (Fsp3) is 0.100. The molecule has 0 unspecified atom stereocenters. The van der Waals surface area contributed by atoms with Crippen LogP contribution in [0.1, 0.15) is 11.1 Å². The number of benzene rings is 2. The lowest BCUT2D eigenvalue weighted by Gasteiger charge is -2.07. The number of terminal acetylenes is 1. The summed E-state index contributed by atoms with van der Waals surface area (Å²) >= 11 is 4.73. The molecule has 3 rings (SSSR count). The Morgan fingerprint density at radius 2 is 2.19 bits per heavy atom. The number of amides is 1. The summed E-state index contributed by atoms with van der Waals surface area (Å²) in [6, 6.07) is 13.3. The summed E-state index contributed by atoms with van der Waals surface area (Å²) in [7, 11) is 0. The minimum absolute atomic E-state index is 0.164. The fourth-order valence-corrected chi connectivity index (χ4v) is 3.53. The molecule has 130 valence electrons. The van der Waals surface area contributed by atoms with E-state index in [0.717, 1.165) is 21.3 Å². The highest BCUT2D eigenvalue weighted by Gasteiger charge is 2.24. The van der Waals surface area contributed by atoms with E-state index in [-0.39, 0.29) is 12.5 Å². The Kier molecular flexibility index (Phi) is 5.82. The standard InChI is InChI=1S/C20H15BrN2O2S/c1-3-9-25-17-8-7-15(21)11-14(17)12-18-19(24)23-20(26-18)22-16-6-4-5-13(2)10-16/h1,4-8,10-12H,9H2,2H3,(H,22,23,24)/b18-12-. The minimum Gasteiger partial charge on any atom is -0.480 e. The zero-order valence-electron chi connectivity index (χ0n) is 14.0. The maximum Gasteiger partial charge on any atom is 0.264 e. The van der Waals surface area contributed by atoms with Gasteiger partial charge in [0.05, 0.1) is 10.6 Å². The minimum atomic E-state index is -0.190. The maximum atomic E-state index is 12.3. The van der Waals surface area contributed by atoms with Gasteiger partial charge >= 0.3 is 0 Å². The number of halogens is 1. The van der Waals surface area contributed by atoms with Crippen LogP contribution in [0, 0.1) is 19.3 Å². The van der Waals surface area contributed by atoms with Gasteiger partial charge in [-0.05, 0) is 60.7 Å². The SMILES string of the molecule is C#CCOc1ccc(Br)cc1/C=C1\SC(=Nc2cccc(C)c2)NC1=O. The quantitative estimate of drug-likeness (QED) is 0.571. The number of hydrogen-bond donors (Lipinski definition) is 1. The third-order valence-electron chi connectivity index (χ3n) is 3.45. The lowest BCUT2D eigenvalue weighted by atomic mass is 10.2. The topological polar surface area (TPSA) is 50.7 Å². The molecule has 2 aromatic rings. The van der Waals surface area contributed by atoms with E-state index in [1.165, 1.54) is 11.8 Å². The third kappa shape index (κ3) is 4.57. The van der Waals surface area contributed by atoms with Crippen molar-refractivity contribution in [1.29, 1.82) is 0 Å². The molecule has 2 aromatic carbocycles. The normalized spacial score (nSPS) is 16.6. The summed E-state index contributed by atoms with van der Waals surface area (Å²) in [6.07, 6.45) is 7.03. The van der Waals surface area contributed by atoms with Crippen LogP contribution in [-0.2, 0) is 4.79 Å². The maximum absolute atomic E-state index is 12.3. The van der Waals surface area contributed by atoms with Gasteiger partial charge in [0.2, 0.25) is 0 Å². The number of ether oxygens (including phenoxy) is 1. The fourth-order valence-electron chi connectivity index (χ4n) is 2.32. The second kappa shape index (κ2) is 8.26. The van der Waals surface area contributed by atoms with E-state index in [1.807, 2.05) is 49.4 Å².